The summed E-state index contributed by atoms with van der Waals surface area (Å²) in [6, 6.07) is 1.53. The number of tetrazole rings is 1. The van der Waals surface area contributed by atoms with Crippen LogP contribution in [0.4, 0.5) is 0 Å². The molecule has 0 spiro atoms. The largest absolute Gasteiger partial charge is 0.342 e. The highest BCUT2D eigenvalue weighted by atomic mass is 32.2. The van der Waals surface area contributed by atoms with Gasteiger partial charge in [-0.3, -0.25) is 4.79 Å². The number of hydrogen-bond donors (Lipinski definition) is 2. The lowest BCUT2D eigenvalue weighted by Gasteiger charge is -2.14. The normalized spacial score (nSPS) is 12.3. The molecule has 0 saturated carbocycles. The van der Waals surface area contributed by atoms with Crippen molar-refractivity contribution in [3.63, 3.8) is 0 Å². The van der Waals surface area contributed by atoms with Gasteiger partial charge in [-0.2, -0.15) is 23.1 Å². The Morgan fingerprint density at radius 3 is 3.10 bits per heavy atom. The van der Waals surface area contributed by atoms with E-state index in [9.17, 15) is 4.79 Å². The number of amides is 1. The molecule has 2 heterocycles. The third-order valence-electron chi connectivity index (χ3n) is 2.64. The van der Waals surface area contributed by atoms with Crippen molar-refractivity contribution < 1.29 is 4.79 Å². The van der Waals surface area contributed by atoms with Crippen LogP contribution in [0.5, 0.6) is 0 Å². The van der Waals surface area contributed by atoms with E-state index < -0.39 is 0 Å². The summed E-state index contributed by atoms with van der Waals surface area (Å²) < 4.78 is 0. The molecule has 20 heavy (non-hydrogen) atoms. The molecule has 108 valence electrons. The molecule has 2 rings (SSSR count). The molecular formula is C11H16N6OS2. The zero-order valence-corrected chi connectivity index (χ0v) is 12.7. The molecule has 2 aromatic rings. The van der Waals surface area contributed by atoms with Crippen LogP contribution in [0.3, 0.4) is 0 Å². The van der Waals surface area contributed by atoms with Gasteiger partial charge in [0.25, 0.3) is 5.91 Å². The van der Waals surface area contributed by atoms with Crippen LogP contribution in [-0.2, 0) is 6.67 Å². The van der Waals surface area contributed by atoms with E-state index >= 15 is 0 Å². The maximum atomic E-state index is 12.1. The number of carbonyl (C=O) groups is 1. The highest BCUT2D eigenvalue weighted by Gasteiger charge is 2.20. The monoisotopic (exact) mass is 312 g/mol. The van der Waals surface area contributed by atoms with E-state index in [4.69, 9.17) is 5.73 Å². The van der Waals surface area contributed by atoms with E-state index in [1.54, 1.807) is 17.8 Å². The van der Waals surface area contributed by atoms with Crippen LogP contribution in [0, 0.1) is 0 Å². The van der Waals surface area contributed by atoms with Crippen LogP contribution in [0.1, 0.15) is 28.6 Å². The summed E-state index contributed by atoms with van der Waals surface area (Å²) in [7, 11) is 0. The number of nitrogens with zero attached hydrogens (tertiary/aromatic N) is 4. The Hall–Kier alpha value is -1.45. The Kier molecular flexibility index (Phi) is 5.50. The summed E-state index contributed by atoms with van der Waals surface area (Å²) in [6.45, 7) is 0.167. The highest BCUT2D eigenvalue weighted by Crippen LogP contribution is 2.16. The fourth-order valence-corrected chi connectivity index (χ4v) is 2.72. The fourth-order valence-electron chi connectivity index (χ4n) is 1.61. The van der Waals surface area contributed by atoms with E-state index in [1.807, 2.05) is 17.0 Å². The minimum Gasteiger partial charge on any atom is -0.342 e. The number of hydrogen-bond acceptors (Lipinski definition) is 7. The summed E-state index contributed by atoms with van der Waals surface area (Å²) in [5.41, 5.74) is 6.10. The van der Waals surface area contributed by atoms with Crippen LogP contribution in [0.25, 0.3) is 0 Å². The van der Waals surface area contributed by atoms with Gasteiger partial charge in [-0.05, 0) is 35.1 Å². The average molecular weight is 312 g/mol. The van der Waals surface area contributed by atoms with Crippen LogP contribution < -0.4 is 11.1 Å². The molecule has 9 heteroatoms. The first-order valence-corrected chi connectivity index (χ1v) is 8.38. The summed E-state index contributed by atoms with van der Waals surface area (Å²) in [4.78, 5) is 13.4. The topological polar surface area (TPSA) is 98.7 Å². The van der Waals surface area contributed by atoms with Crippen molar-refractivity contribution in [2.45, 2.75) is 19.1 Å². The van der Waals surface area contributed by atoms with Crippen molar-refractivity contribution in [1.82, 2.24) is 25.5 Å². The summed E-state index contributed by atoms with van der Waals surface area (Å²) >= 11 is 3.19. The number of nitrogens with two attached hydrogens (primary N) is 1. The molecule has 1 atom stereocenters. The van der Waals surface area contributed by atoms with Crippen molar-refractivity contribution in [1.29, 1.82) is 0 Å². The third kappa shape index (κ3) is 3.78. The van der Waals surface area contributed by atoms with E-state index in [-0.39, 0.29) is 18.6 Å². The van der Waals surface area contributed by atoms with Crippen LogP contribution >= 0.6 is 23.1 Å². The lowest BCUT2D eigenvalue weighted by atomic mass is 10.2. The zero-order chi connectivity index (χ0) is 14.4. The lowest BCUT2D eigenvalue weighted by Crippen LogP contribution is -2.29. The number of carbonyl (C=O) groups excluding carboxylic acids is 1. The first-order valence-electron chi connectivity index (χ1n) is 6.04. The molecule has 0 aliphatic heterocycles. The molecule has 0 unspecified atom stereocenters. The molecule has 0 fully saturated rings. The van der Waals surface area contributed by atoms with Gasteiger partial charge in [0, 0.05) is 5.38 Å². The molecule has 0 aromatic carbocycles. The van der Waals surface area contributed by atoms with Gasteiger partial charge < -0.3 is 11.1 Å². The maximum absolute atomic E-state index is 12.1. The van der Waals surface area contributed by atoms with Gasteiger partial charge in [-0.1, -0.05) is 0 Å². The molecule has 0 aliphatic rings. The Morgan fingerprint density at radius 1 is 1.65 bits per heavy atom. The maximum Gasteiger partial charge on any atom is 0.252 e. The summed E-state index contributed by atoms with van der Waals surface area (Å²) in [5, 5.41) is 18.6. The number of aromatic nitrogens is 4. The second-order valence-corrected chi connectivity index (χ2v) is 5.79. The van der Waals surface area contributed by atoms with Crippen molar-refractivity contribution >= 4 is 29.0 Å². The van der Waals surface area contributed by atoms with Crippen LogP contribution in [0.15, 0.2) is 16.8 Å². The van der Waals surface area contributed by atoms with Gasteiger partial charge in [0.05, 0.1) is 11.6 Å². The Labute approximate surface area is 124 Å². The van der Waals surface area contributed by atoms with Crippen molar-refractivity contribution in [3.05, 3.63) is 28.2 Å². The first kappa shape index (κ1) is 14.9. The number of thioether (sulfide) groups is 1. The van der Waals surface area contributed by atoms with Crippen LogP contribution in [0.2, 0.25) is 0 Å². The van der Waals surface area contributed by atoms with Gasteiger partial charge >= 0.3 is 0 Å². The van der Waals surface area contributed by atoms with Crippen molar-refractivity contribution in [3.8, 4) is 0 Å². The number of rotatable bonds is 7. The molecule has 1 amide bonds. The number of nitrogens with one attached hydrogen (secondary N) is 1. The van der Waals surface area contributed by atoms with E-state index in [0.717, 1.165) is 12.2 Å². The van der Waals surface area contributed by atoms with Crippen LogP contribution in [-0.4, -0.2) is 38.1 Å². The Morgan fingerprint density at radius 2 is 2.50 bits per heavy atom. The highest BCUT2D eigenvalue weighted by molar-refractivity contribution is 7.98. The third-order valence-corrected chi connectivity index (χ3v) is 3.97. The molecular weight excluding hydrogens is 296 g/mol. The van der Waals surface area contributed by atoms with Gasteiger partial charge in [-0.15, -0.1) is 15.0 Å². The molecule has 0 saturated heterocycles. The van der Waals surface area contributed by atoms with Crippen molar-refractivity contribution in [2.75, 3.05) is 12.0 Å². The summed E-state index contributed by atoms with van der Waals surface area (Å²) in [5.74, 6) is 1.26. The second kappa shape index (κ2) is 7.36. The Bertz CT molecular complexity index is 541. The average Bonchev–Trinajstić information content (AvgIpc) is 3.13. The molecule has 0 aliphatic carbocycles. The molecule has 0 radical (unpaired) electrons. The minimum atomic E-state index is -0.254. The SMILES string of the molecule is CSCC[C@H](NC(=O)c1ccsc1)c1nnn(CN)n1. The fraction of sp³-hybridized carbons (Fsp3) is 0.455. The molecule has 3 N–H and O–H groups in total. The molecule has 2 aromatic heterocycles. The van der Waals surface area contributed by atoms with Gasteiger partial charge in [-0.25, -0.2) is 0 Å². The Balaban J connectivity index is 2.08. The lowest BCUT2D eigenvalue weighted by molar-refractivity contribution is 0.0934. The second-order valence-electron chi connectivity index (χ2n) is 4.02. The van der Waals surface area contributed by atoms with E-state index in [1.165, 1.54) is 16.1 Å². The first-order chi connectivity index (χ1) is 9.74. The smallest absolute Gasteiger partial charge is 0.252 e. The molecule has 7 nitrogen and oxygen atoms in total. The number of thiophene rings is 1. The predicted molar refractivity (Wildman–Crippen MR) is 79.5 cm³/mol. The van der Waals surface area contributed by atoms with Gasteiger partial charge in [0.1, 0.15) is 6.67 Å². The minimum absolute atomic E-state index is 0.124. The molecule has 0 bridgehead atoms. The van der Waals surface area contributed by atoms with Gasteiger partial charge in [0.15, 0.2) is 5.82 Å². The van der Waals surface area contributed by atoms with E-state index in [2.05, 4.69) is 20.7 Å². The quantitative estimate of drug-likeness (QED) is 0.787. The predicted octanol–water partition coefficient (Wildman–Crippen LogP) is 0.875. The summed E-state index contributed by atoms with van der Waals surface area (Å²) in [6.07, 6.45) is 2.76. The van der Waals surface area contributed by atoms with Crippen molar-refractivity contribution in [2.24, 2.45) is 5.73 Å². The van der Waals surface area contributed by atoms with Gasteiger partial charge in [0.2, 0.25) is 0 Å². The van der Waals surface area contributed by atoms with E-state index in [0.29, 0.717) is 11.4 Å². The standard InChI is InChI=1S/C11H16N6OS2/c1-19-4-3-9(10-14-16-17(7-12)15-10)13-11(18)8-2-5-20-6-8/h2,5-6,9H,3-4,7,12H2,1H3,(H,13,18)/t9-/m0/s1. The zero-order valence-electron chi connectivity index (χ0n) is 11.0.